The van der Waals surface area contributed by atoms with E-state index in [0.29, 0.717) is 12.8 Å². The van der Waals surface area contributed by atoms with Gasteiger partial charge in [-0.2, -0.15) is 18.7 Å². The number of carbonyl (C=O) groups is 1. The van der Waals surface area contributed by atoms with Crippen LogP contribution in [0.4, 0.5) is 8.78 Å². The van der Waals surface area contributed by atoms with Crippen molar-refractivity contribution in [1.29, 1.82) is 0 Å². The van der Waals surface area contributed by atoms with Crippen LogP contribution in [0.2, 0.25) is 0 Å². The van der Waals surface area contributed by atoms with Crippen LogP contribution in [0, 0.1) is 0 Å². The average molecular weight is 317 g/mol. The Balaban J connectivity index is 2.47. The molecule has 1 heterocycles. The molecule has 0 atom stereocenters. The summed E-state index contributed by atoms with van der Waals surface area (Å²) in [5.74, 6) is -1.00. The van der Waals surface area contributed by atoms with E-state index in [1.807, 2.05) is 0 Å². The lowest BCUT2D eigenvalue weighted by atomic mass is 10.1. The Morgan fingerprint density at radius 3 is 2.14 bits per heavy atom. The summed E-state index contributed by atoms with van der Waals surface area (Å²) in [6.07, 6.45) is -0.468. The highest BCUT2D eigenvalue weighted by molar-refractivity contribution is 5.85. The molecule has 22 heavy (non-hydrogen) atoms. The number of hydrogen-bond acceptors (Lipinski definition) is 7. The van der Waals surface area contributed by atoms with Gasteiger partial charge in [-0.05, 0) is 31.8 Å². The molecule has 7 nitrogen and oxygen atoms in total. The zero-order chi connectivity index (χ0) is 16.5. The van der Waals surface area contributed by atoms with Crippen LogP contribution in [0.3, 0.4) is 0 Å². The Bertz CT molecular complexity index is 526. The predicted molar refractivity (Wildman–Crippen MR) is 72.0 cm³/mol. The second-order valence-electron chi connectivity index (χ2n) is 4.27. The van der Waals surface area contributed by atoms with Crippen LogP contribution in [0.25, 0.3) is 0 Å². The van der Waals surface area contributed by atoms with E-state index in [0.717, 1.165) is 0 Å². The number of esters is 1. The molecule has 1 aromatic heterocycles. The Morgan fingerprint density at radius 1 is 1.05 bits per heavy atom. The second kappa shape index (κ2) is 8.85. The van der Waals surface area contributed by atoms with Gasteiger partial charge < -0.3 is 14.2 Å². The molecule has 0 amide bonds. The summed E-state index contributed by atoms with van der Waals surface area (Å²) in [5, 5.41) is 0. The van der Waals surface area contributed by atoms with Crippen molar-refractivity contribution in [2.75, 3.05) is 20.8 Å². The first-order valence-corrected chi connectivity index (χ1v) is 6.49. The van der Waals surface area contributed by atoms with E-state index in [-0.39, 0.29) is 36.4 Å². The molecule has 0 saturated carbocycles. The van der Waals surface area contributed by atoms with Crippen molar-refractivity contribution < 1.29 is 27.8 Å². The number of hydrogen-bond donors (Lipinski definition) is 0. The third-order valence-electron chi connectivity index (χ3n) is 2.64. The van der Waals surface area contributed by atoms with Gasteiger partial charge in [0.15, 0.2) is 0 Å². The van der Waals surface area contributed by atoms with Gasteiger partial charge in [-0.3, -0.25) is 0 Å². The van der Waals surface area contributed by atoms with Gasteiger partial charge in [0.05, 0.1) is 20.8 Å². The molecule has 9 heteroatoms. The summed E-state index contributed by atoms with van der Waals surface area (Å²) < 4.78 is 38.9. The monoisotopic (exact) mass is 317 g/mol. The van der Waals surface area contributed by atoms with E-state index in [2.05, 4.69) is 15.0 Å². The molecule has 0 aliphatic heterocycles. The highest BCUT2D eigenvalue weighted by Crippen LogP contribution is 2.14. The molecule has 0 spiro atoms. The van der Waals surface area contributed by atoms with Crippen molar-refractivity contribution in [2.45, 2.75) is 26.2 Å². The van der Waals surface area contributed by atoms with E-state index >= 15 is 0 Å². The number of unbranched alkanes of at least 4 members (excludes halogenated alkanes) is 1. The van der Waals surface area contributed by atoms with Gasteiger partial charge >= 0.3 is 18.0 Å². The SMILES string of the molecule is COc1nc(OC)nc(C(=O)OCCCCC(C)=C(F)F)n1. The summed E-state index contributed by atoms with van der Waals surface area (Å²) in [6.45, 7) is 1.45. The molecule has 0 fully saturated rings. The van der Waals surface area contributed by atoms with Crippen LogP contribution in [0.15, 0.2) is 11.7 Å². The second-order valence-corrected chi connectivity index (χ2v) is 4.27. The van der Waals surface area contributed by atoms with Crippen molar-refractivity contribution in [3.8, 4) is 12.0 Å². The molecule has 0 radical (unpaired) electrons. The number of carbonyl (C=O) groups excluding carboxylic acids is 1. The quantitative estimate of drug-likeness (QED) is 0.537. The lowest BCUT2D eigenvalue weighted by molar-refractivity contribution is 0.0480. The van der Waals surface area contributed by atoms with Crippen molar-refractivity contribution in [2.24, 2.45) is 0 Å². The maximum Gasteiger partial charge on any atom is 0.376 e. The van der Waals surface area contributed by atoms with Crippen molar-refractivity contribution in [3.63, 3.8) is 0 Å². The lowest BCUT2D eigenvalue weighted by Gasteiger charge is -2.06. The Hall–Kier alpha value is -2.32. The van der Waals surface area contributed by atoms with Gasteiger partial charge in [0.2, 0.25) is 5.82 Å². The van der Waals surface area contributed by atoms with Crippen LogP contribution in [-0.4, -0.2) is 41.7 Å². The van der Waals surface area contributed by atoms with E-state index in [1.54, 1.807) is 0 Å². The standard InChI is InChI=1S/C13H17F2N3O4/c1-8(9(14)15)6-4-5-7-22-11(19)10-16-12(20-2)18-13(17-10)21-3/h4-7H2,1-3H3. The Kier molecular flexibility index (Phi) is 7.14. The number of aromatic nitrogens is 3. The molecule has 0 N–H and O–H groups in total. The molecule has 0 saturated heterocycles. The highest BCUT2D eigenvalue weighted by Gasteiger charge is 2.16. The largest absolute Gasteiger partial charge is 0.467 e. The molecule has 0 unspecified atom stereocenters. The maximum absolute atomic E-state index is 12.2. The molecule has 122 valence electrons. The summed E-state index contributed by atoms with van der Waals surface area (Å²) in [6, 6.07) is -0.143. The first-order chi connectivity index (χ1) is 10.5. The van der Waals surface area contributed by atoms with E-state index < -0.39 is 12.0 Å². The highest BCUT2D eigenvalue weighted by atomic mass is 19.3. The smallest absolute Gasteiger partial charge is 0.376 e. The first-order valence-electron chi connectivity index (χ1n) is 6.49. The predicted octanol–water partition coefficient (Wildman–Crippen LogP) is 2.39. The number of halogens is 2. The van der Waals surface area contributed by atoms with Crippen LogP contribution < -0.4 is 9.47 Å². The van der Waals surface area contributed by atoms with Gasteiger partial charge in [-0.15, -0.1) is 4.98 Å². The molecule has 0 bridgehead atoms. The number of rotatable bonds is 8. The number of methoxy groups -OCH3 is 2. The molecule has 0 aromatic carbocycles. The van der Waals surface area contributed by atoms with Gasteiger partial charge in [0, 0.05) is 0 Å². The maximum atomic E-state index is 12.2. The summed E-state index contributed by atoms with van der Waals surface area (Å²) in [4.78, 5) is 23.0. The van der Waals surface area contributed by atoms with Gasteiger partial charge in [0.25, 0.3) is 6.08 Å². The number of nitrogens with zero attached hydrogens (tertiary/aromatic N) is 3. The fraction of sp³-hybridized carbons (Fsp3) is 0.538. The van der Waals surface area contributed by atoms with Gasteiger partial charge in [0.1, 0.15) is 0 Å². The third kappa shape index (κ3) is 5.58. The molecule has 1 rings (SSSR count). The molecule has 0 aliphatic rings. The minimum absolute atomic E-state index is 0.0401. The van der Waals surface area contributed by atoms with E-state index in [4.69, 9.17) is 14.2 Å². The topological polar surface area (TPSA) is 83.4 Å². The summed E-state index contributed by atoms with van der Waals surface area (Å²) in [7, 11) is 2.67. The molecule has 0 aliphatic carbocycles. The molecular weight excluding hydrogens is 300 g/mol. The van der Waals surface area contributed by atoms with E-state index in [9.17, 15) is 13.6 Å². The van der Waals surface area contributed by atoms with Gasteiger partial charge in [-0.1, -0.05) is 0 Å². The fourth-order valence-corrected chi connectivity index (χ4v) is 1.43. The van der Waals surface area contributed by atoms with E-state index in [1.165, 1.54) is 21.1 Å². The molecular formula is C13H17F2N3O4. The van der Waals surface area contributed by atoms with Crippen molar-refractivity contribution in [3.05, 3.63) is 17.5 Å². The third-order valence-corrected chi connectivity index (χ3v) is 2.64. The zero-order valence-electron chi connectivity index (χ0n) is 12.6. The number of allylic oxidation sites excluding steroid dienone is 1. The summed E-state index contributed by atoms with van der Waals surface area (Å²) in [5.41, 5.74) is 0.0401. The van der Waals surface area contributed by atoms with Crippen LogP contribution in [0.5, 0.6) is 12.0 Å². The Morgan fingerprint density at radius 2 is 1.64 bits per heavy atom. The Labute approximate surface area is 126 Å². The lowest BCUT2D eigenvalue weighted by Crippen LogP contribution is -2.13. The van der Waals surface area contributed by atoms with Crippen molar-refractivity contribution >= 4 is 5.97 Å². The minimum atomic E-state index is -1.67. The summed E-state index contributed by atoms with van der Waals surface area (Å²) >= 11 is 0. The molecule has 1 aromatic rings. The minimum Gasteiger partial charge on any atom is -0.467 e. The fourth-order valence-electron chi connectivity index (χ4n) is 1.43. The van der Waals surface area contributed by atoms with Gasteiger partial charge in [-0.25, -0.2) is 4.79 Å². The number of ether oxygens (including phenoxy) is 3. The van der Waals surface area contributed by atoms with Crippen molar-refractivity contribution in [1.82, 2.24) is 15.0 Å². The average Bonchev–Trinajstić information content (AvgIpc) is 2.53. The zero-order valence-corrected chi connectivity index (χ0v) is 12.6. The van der Waals surface area contributed by atoms with Crippen LogP contribution in [0.1, 0.15) is 36.8 Å². The van der Waals surface area contributed by atoms with Crippen LogP contribution >= 0.6 is 0 Å². The van der Waals surface area contributed by atoms with Crippen LogP contribution in [-0.2, 0) is 4.74 Å². The normalized spacial score (nSPS) is 10.0. The first kappa shape index (κ1) is 17.7.